The Morgan fingerprint density at radius 1 is 1.25 bits per heavy atom. The van der Waals surface area contributed by atoms with Crippen LogP contribution in [0.15, 0.2) is 0 Å². The predicted molar refractivity (Wildman–Crippen MR) is 69.6 cm³/mol. The van der Waals surface area contributed by atoms with E-state index >= 15 is 0 Å². The third-order valence-electron chi connectivity index (χ3n) is 5.00. The number of rotatable bonds is 5. The lowest BCUT2D eigenvalue weighted by Gasteiger charge is -2.29. The van der Waals surface area contributed by atoms with Crippen LogP contribution in [-0.2, 0) is 0 Å². The van der Waals surface area contributed by atoms with E-state index in [2.05, 4.69) is 24.5 Å². The molecule has 0 spiro atoms. The quantitative estimate of drug-likeness (QED) is 0.749. The van der Waals surface area contributed by atoms with Crippen molar-refractivity contribution in [3.8, 4) is 0 Å². The molecule has 1 aliphatic heterocycles. The van der Waals surface area contributed by atoms with Crippen LogP contribution in [0.4, 0.5) is 0 Å². The summed E-state index contributed by atoms with van der Waals surface area (Å²) in [6, 6.07) is 0. The van der Waals surface area contributed by atoms with Gasteiger partial charge >= 0.3 is 0 Å². The van der Waals surface area contributed by atoms with Gasteiger partial charge in [-0.2, -0.15) is 0 Å². The molecule has 2 fully saturated rings. The van der Waals surface area contributed by atoms with E-state index in [1.165, 1.54) is 58.3 Å². The SMILES string of the molecule is CCC1(CNCC2CNCC2C)CCCC1. The summed E-state index contributed by atoms with van der Waals surface area (Å²) in [5.41, 5.74) is 0.648. The Hall–Kier alpha value is -0.0800. The van der Waals surface area contributed by atoms with Gasteiger partial charge in [0.05, 0.1) is 0 Å². The molecule has 2 heteroatoms. The molecule has 0 radical (unpaired) electrons. The number of hydrogen-bond acceptors (Lipinski definition) is 2. The maximum atomic E-state index is 3.75. The molecule has 94 valence electrons. The Morgan fingerprint density at radius 3 is 2.56 bits per heavy atom. The number of nitrogens with one attached hydrogen (secondary N) is 2. The van der Waals surface area contributed by atoms with Crippen LogP contribution in [-0.4, -0.2) is 26.2 Å². The van der Waals surface area contributed by atoms with Crippen molar-refractivity contribution in [1.82, 2.24) is 10.6 Å². The van der Waals surface area contributed by atoms with Gasteiger partial charge in [-0.15, -0.1) is 0 Å². The third-order valence-corrected chi connectivity index (χ3v) is 5.00. The van der Waals surface area contributed by atoms with Crippen molar-refractivity contribution in [2.75, 3.05) is 26.2 Å². The minimum absolute atomic E-state index is 0.648. The zero-order valence-corrected chi connectivity index (χ0v) is 11.0. The summed E-state index contributed by atoms with van der Waals surface area (Å²) in [7, 11) is 0. The molecule has 1 aliphatic carbocycles. The van der Waals surface area contributed by atoms with Crippen LogP contribution >= 0.6 is 0 Å². The molecule has 2 aliphatic rings. The molecule has 2 N–H and O–H groups in total. The minimum Gasteiger partial charge on any atom is -0.316 e. The summed E-state index contributed by atoms with van der Waals surface area (Å²) in [6.07, 6.45) is 7.18. The fourth-order valence-electron chi connectivity index (χ4n) is 3.44. The Kier molecular flexibility index (Phi) is 4.26. The van der Waals surface area contributed by atoms with Crippen LogP contribution in [0.1, 0.15) is 46.0 Å². The largest absolute Gasteiger partial charge is 0.316 e. The first-order valence-corrected chi connectivity index (χ1v) is 7.17. The molecule has 0 aromatic carbocycles. The molecule has 0 amide bonds. The van der Waals surface area contributed by atoms with E-state index < -0.39 is 0 Å². The Morgan fingerprint density at radius 2 is 2.00 bits per heavy atom. The highest BCUT2D eigenvalue weighted by Crippen LogP contribution is 2.40. The van der Waals surface area contributed by atoms with Crippen molar-refractivity contribution in [3.63, 3.8) is 0 Å². The molecule has 1 saturated carbocycles. The van der Waals surface area contributed by atoms with Crippen molar-refractivity contribution in [1.29, 1.82) is 0 Å². The second-order valence-electron chi connectivity index (χ2n) is 6.09. The van der Waals surface area contributed by atoms with Crippen molar-refractivity contribution < 1.29 is 0 Å². The molecule has 1 heterocycles. The van der Waals surface area contributed by atoms with Gasteiger partial charge in [0.15, 0.2) is 0 Å². The highest BCUT2D eigenvalue weighted by atomic mass is 15.0. The van der Waals surface area contributed by atoms with Crippen LogP contribution in [0.3, 0.4) is 0 Å². The Labute approximate surface area is 101 Å². The molecule has 0 bridgehead atoms. The summed E-state index contributed by atoms with van der Waals surface area (Å²) < 4.78 is 0. The first-order valence-electron chi connectivity index (χ1n) is 7.17. The minimum atomic E-state index is 0.648. The van der Waals surface area contributed by atoms with Crippen molar-refractivity contribution in [3.05, 3.63) is 0 Å². The van der Waals surface area contributed by atoms with Gasteiger partial charge in [0.1, 0.15) is 0 Å². The van der Waals surface area contributed by atoms with Gasteiger partial charge in [-0.1, -0.05) is 26.7 Å². The van der Waals surface area contributed by atoms with Gasteiger partial charge in [0.2, 0.25) is 0 Å². The highest BCUT2D eigenvalue weighted by Gasteiger charge is 2.32. The Balaban J connectivity index is 1.70. The fraction of sp³-hybridized carbons (Fsp3) is 1.00. The van der Waals surface area contributed by atoms with Crippen LogP contribution in [0.5, 0.6) is 0 Å². The molecule has 0 aromatic rings. The molecule has 1 saturated heterocycles. The average molecular weight is 224 g/mol. The summed E-state index contributed by atoms with van der Waals surface area (Å²) in [5.74, 6) is 1.71. The van der Waals surface area contributed by atoms with E-state index in [0.717, 1.165) is 11.8 Å². The zero-order chi connectivity index (χ0) is 11.4. The lowest BCUT2D eigenvalue weighted by Crippen LogP contribution is -2.36. The summed E-state index contributed by atoms with van der Waals surface area (Å²) in [6.45, 7) is 9.64. The van der Waals surface area contributed by atoms with Crippen molar-refractivity contribution in [2.45, 2.75) is 46.0 Å². The van der Waals surface area contributed by atoms with Gasteiger partial charge in [0.25, 0.3) is 0 Å². The van der Waals surface area contributed by atoms with Gasteiger partial charge in [-0.05, 0) is 56.1 Å². The van der Waals surface area contributed by atoms with Crippen molar-refractivity contribution in [2.24, 2.45) is 17.3 Å². The Bertz CT molecular complexity index is 209. The molecule has 2 nitrogen and oxygen atoms in total. The molecule has 0 aromatic heterocycles. The summed E-state index contributed by atoms with van der Waals surface area (Å²) in [4.78, 5) is 0. The van der Waals surface area contributed by atoms with E-state index in [1.807, 2.05) is 0 Å². The number of hydrogen-bond donors (Lipinski definition) is 2. The maximum absolute atomic E-state index is 3.75. The standard InChI is InChI=1S/C14H28N2/c1-3-14(6-4-5-7-14)11-16-10-13-9-15-8-12(13)2/h12-13,15-16H,3-11H2,1-2H3. The smallest absolute Gasteiger partial charge is 0.000783 e. The second kappa shape index (κ2) is 5.50. The van der Waals surface area contributed by atoms with Crippen LogP contribution in [0.2, 0.25) is 0 Å². The van der Waals surface area contributed by atoms with Gasteiger partial charge in [0, 0.05) is 6.54 Å². The predicted octanol–water partition coefficient (Wildman–Crippen LogP) is 2.40. The molecular weight excluding hydrogens is 196 g/mol. The van der Waals surface area contributed by atoms with Gasteiger partial charge < -0.3 is 10.6 Å². The van der Waals surface area contributed by atoms with Gasteiger partial charge in [-0.25, -0.2) is 0 Å². The molecule has 2 atom stereocenters. The highest BCUT2D eigenvalue weighted by molar-refractivity contribution is 4.87. The topological polar surface area (TPSA) is 24.1 Å². The van der Waals surface area contributed by atoms with Crippen LogP contribution in [0, 0.1) is 17.3 Å². The second-order valence-corrected chi connectivity index (χ2v) is 6.09. The average Bonchev–Trinajstić information content (AvgIpc) is 2.90. The lowest BCUT2D eigenvalue weighted by molar-refractivity contribution is 0.258. The molecule has 16 heavy (non-hydrogen) atoms. The van der Waals surface area contributed by atoms with Gasteiger partial charge in [-0.3, -0.25) is 0 Å². The maximum Gasteiger partial charge on any atom is 0.000783 e. The molecule has 2 rings (SSSR count). The first-order chi connectivity index (χ1) is 7.76. The van der Waals surface area contributed by atoms with Crippen LogP contribution < -0.4 is 10.6 Å². The third kappa shape index (κ3) is 2.78. The van der Waals surface area contributed by atoms with Crippen molar-refractivity contribution >= 4 is 0 Å². The van der Waals surface area contributed by atoms with Crippen LogP contribution in [0.25, 0.3) is 0 Å². The zero-order valence-electron chi connectivity index (χ0n) is 11.0. The monoisotopic (exact) mass is 224 g/mol. The summed E-state index contributed by atoms with van der Waals surface area (Å²) in [5, 5.41) is 7.24. The fourth-order valence-corrected chi connectivity index (χ4v) is 3.44. The van der Waals surface area contributed by atoms with E-state index in [9.17, 15) is 0 Å². The molecular formula is C14H28N2. The molecule has 2 unspecified atom stereocenters. The normalized spacial score (nSPS) is 33.4. The van der Waals surface area contributed by atoms with E-state index in [0.29, 0.717) is 5.41 Å². The summed E-state index contributed by atoms with van der Waals surface area (Å²) >= 11 is 0. The van der Waals surface area contributed by atoms with E-state index in [1.54, 1.807) is 0 Å². The van der Waals surface area contributed by atoms with E-state index in [4.69, 9.17) is 0 Å². The van der Waals surface area contributed by atoms with E-state index in [-0.39, 0.29) is 0 Å². The lowest BCUT2D eigenvalue weighted by atomic mass is 9.83. The first kappa shape index (κ1) is 12.4.